The summed E-state index contributed by atoms with van der Waals surface area (Å²) < 4.78 is 0. The third-order valence-corrected chi connectivity index (χ3v) is 7.24. The van der Waals surface area contributed by atoms with E-state index in [1.807, 2.05) is 0 Å². The van der Waals surface area contributed by atoms with Crippen molar-refractivity contribution in [1.29, 1.82) is 0 Å². The summed E-state index contributed by atoms with van der Waals surface area (Å²) in [5.74, 6) is 0. The van der Waals surface area contributed by atoms with Crippen molar-refractivity contribution in [2.45, 2.75) is 6.42 Å². The van der Waals surface area contributed by atoms with E-state index in [-0.39, 0.29) is 0 Å². The third-order valence-electron chi connectivity index (χ3n) is 7.24. The second-order valence-electron chi connectivity index (χ2n) is 9.22. The Labute approximate surface area is 205 Å². The van der Waals surface area contributed by atoms with E-state index in [0.717, 1.165) is 6.42 Å². The van der Waals surface area contributed by atoms with Crippen molar-refractivity contribution >= 4 is 44.5 Å². The Hall–Kier alpha value is -4.42. The summed E-state index contributed by atoms with van der Waals surface area (Å²) in [6.07, 6.45) is 10.1. The standard InChI is InChI=1S/C35H24/c1-3-13-24(14-4-1)34-29-19-9-11-21-31(29)35(32-22-12-10-20-30(32)34)33-23-25-15-7-8-16-26(25)27-17-5-2-6-18-28(27)33/h1,3-23H,2H2. The van der Waals surface area contributed by atoms with Gasteiger partial charge in [-0.2, -0.15) is 0 Å². The Morgan fingerprint density at radius 3 is 1.60 bits per heavy atom. The summed E-state index contributed by atoms with van der Waals surface area (Å²) in [4.78, 5) is 0. The first kappa shape index (κ1) is 20.0. The van der Waals surface area contributed by atoms with Crippen LogP contribution in [0.2, 0.25) is 0 Å². The van der Waals surface area contributed by atoms with Gasteiger partial charge in [-0.05, 0) is 78.2 Å². The molecule has 1 aliphatic rings. The van der Waals surface area contributed by atoms with Gasteiger partial charge in [-0.3, -0.25) is 0 Å². The Bertz CT molecular complexity index is 1740. The fourth-order valence-electron chi connectivity index (χ4n) is 5.74. The highest BCUT2D eigenvalue weighted by Crippen LogP contribution is 2.46. The van der Waals surface area contributed by atoms with Crippen molar-refractivity contribution in [1.82, 2.24) is 0 Å². The maximum Gasteiger partial charge on any atom is -0.00199 e. The lowest BCUT2D eigenvalue weighted by Crippen LogP contribution is -1.95. The first-order valence-corrected chi connectivity index (χ1v) is 12.3. The van der Waals surface area contributed by atoms with Gasteiger partial charge in [0.25, 0.3) is 0 Å². The van der Waals surface area contributed by atoms with Crippen molar-refractivity contribution in [3.8, 4) is 22.3 Å². The molecule has 0 unspecified atom stereocenters. The number of fused-ring (bicyclic) bond motifs is 5. The van der Waals surface area contributed by atoms with Crippen molar-refractivity contribution in [3.63, 3.8) is 0 Å². The molecule has 0 radical (unpaired) electrons. The van der Waals surface area contributed by atoms with Gasteiger partial charge in [0.15, 0.2) is 0 Å². The molecule has 6 aromatic rings. The molecule has 0 spiro atoms. The summed E-state index contributed by atoms with van der Waals surface area (Å²) in [5, 5.41) is 7.77. The SMILES string of the molecule is C1=Cc2c(-c3c4ccccc4c(-c4ccccc4)c4ccccc34)cc3ccccc3c2C=CC1. The monoisotopic (exact) mass is 444 g/mol. The van der Waals surface area contributed by atoms with Gasteiger partial charge in [-0.15, -0.1) is 0 Å². The van der Waals surface area contributed by atoms with Crippen LogP contribution in [0.25, 0.3) is 66.7 Å². The number of benzene rings is 6. The third kappa shape index (κ3) is 3.15. The minimum absolute atomic E-state index is 0.955. The average Bonchev–Trinajstić information content (AvgIpc) is 3.18. The summed E-state index contributed by atoms with van der Waals surface area (Å²) in [6.45, 7) is 0. The minimum atomic E-state index is 0.955. The van der Waals surface area contributed by atoms with E-state index >= 15 is 0 Å². The highest BCUT2D eigenvalue weighted by Gasteiger charge is 2.20. The quantitative estimate of drug-likeness (QED) is 0.233. The molecule has 1 aliphatic carbocycles. The van der Waals surface area contributed by atoms with Crippen LogP contribution in [-0.4, -0.2) is 0 Å². The second-order valence-corrected chi connectivity index (χ2v) is 9.22. The summed E-state index contributed by atoms with van der Waals surface area (Å²) >= 11 is 0. The van der Waals surface area contributed by atoms with Crippen molar-refractivity contribution in [2.75, 3.05) is 0 Å². The van der Waals surface area contributed by atoms with Gasteiger partial charge in [-0.1, -0.05) is 127 Å². The van der Waals surface area contributed by atoms with Crippen LogP contribution in [-0.2, 0) is 0 Å². The van der Waals surface area contributed by atoms with E-state index in [2.05, 4.69) is 133 Å². The lowest BCUT2D eigenvalue weighted by atomic mass is 9.83. The topological polar surface area (TPSA) is 0 Å². The minimum Gasteiger partial charge on any atom is -0.0801 e. The Morgan fingerprint density at radius 2 is 0.943 bits per heavy atom. The van der Waals surface area contributed by atoms with Crippen LogP contribution in [0.3, 0.4) is 0 Å². The molecule has 0 amide bonds. The predicted molar refractivity (Wildman–Crippen MR) is 153 cm³/mol. The average molecular weight is 445 g/mol. The molecule has 35 heavy (non-hydrogen) atoms. The van der Waals surface area contributed by atoms with Crippen LogP contribution >= 0.6 is 0 Å². The first-order valence-electron chi connectivity index (χ1n) is 12.3. The molecule has 0 saturated carbocycles. The second kappa shape index (κ2) is 8.11. The summed E-state index contributed by atoms with van der Waals surface area (Å²) in [7, 11) is 0. The lowest BCUT2D eigenvalue weighted by molar-refractivity contribution is 1.44. The number of rotatable bonds is 2. The first-order chi connectivity index (χ1) is 17.4. The molecule has 0 fully saturated rings. The van der Waals surface area contributed by atoms with E-state index < -0.39 is 0 Å². The fourth-order valence-corrected chi connectivity index (χ4v) is 5.74. The zero-order chi connectivity index (χ0) is 23.2. The molecular formula is C35H24. The number of hydrogen-bond donors (Lipinski definition) is 0. The van der Waals surface area contributed by atoms with E-state index in [4.69, 9.17) is 0 Å². The summed E-state index contributed by atoms with van der Waals surface area (Å²) in [6, 6.07) is 39.8. The molecule has 0 saturated heterocycles. The van der Waals surface area contributed by atoms with Crippen molar-refractivity contribution < 1.29 is 0 Å². The van der Waals surface area contributed by atoms with Gasteiger partial charge >= 0.3 is 0 Å². The zero-order valence-electron chi connectivity index (χ0n) is 19.4. The molecule has 0 bridgehead atoms. The van der Waals surface area contributed by atoms with Crippen LogP contribution in [0.5, 0.6) is 0 Å². The van der Waals surface area contributed by atoms with Gasteiger partial charge in [0.2, 0.25) is 0 Å². The molecule has 7 rings (SSSR count). The van der Waals surface area contributed by atoms with Gasteiger partial charge < -0.3 is 0 Å². The van der Waals surface area contributed by atoms with E-state index in [1.54, 1.807) is 0 Å². The zero-order valence-corrected chi connectivity index (χ0v) is 19.4. The molecular weight excluding hydrogens is 420 g/mol. The maximum absolute atomic E-state index is 2.40. The van der Waals surface area contributed by atoms with Crippen LogP contribution < -0.4 is 0 Å². The van der Waals surface area contributed by atoms with Crippen LogP contribution in [0.15, 0.2) is 121 Å². The van der Waals surface area contributed by atoms with Crippen LogP contribution in [0.1, 0.15) is 17.5 Å². The maximum atomic E-state index is 2.40. The van der Waals surface area contributed by atoms with E-state index in [1.165, 1.54) is 65.7 Å². The summed E-state index contributed by atoms with van der Waals surface area (Å²) in [5.41, 5.74) is 7.80. The number of hydrogen-bond acceptors (Lipinski definition) is 0. The Morgan fingerprint density at radius 1 is 0.429 bits per heavy atom. The normalized spacial score (nSPS) is 12.8. The predicted octanol–water partition coefficient (Wildman–Crippen LogP) is 9.91. The Balaban J connectivity index is 1.70. The molecule has 0 heteroatoms. The molecule has 0 aliphatic heterocycles. The van der Waals surface area contributed by atoms with Gasteiger partial charge in [0, 0.05) is 0 Å². The van der Waals surface area contributed by atoms with E-state index in [9.17, 15) is 0 Å². The molecule has 0 heterocycles. The molecule has 6 aromatic carbocycles. The molecule has 0 nitrogen and oxygen atoms in total. The highest BCUT2D eigenvalue weighted by molar-refractivity contribution is 6.22. The van der Waals surface area contributed by atoms with Crippen LogP contribution in [0, 0.1) is 0 Å². The van der Waals surface area contributed by atoms with Crippen molar-refractivity contribution in [3.05, 3.63) is 132 Å². The Kier molecular flexibility index (Phi) is 4.63. The molecule has 0 aromatic heterocycles. The van der Waals surface area contributed by atoms with Crippen molar-refractivity contribution in [2.24, 2.45) is 0 Å². The largest absolute Gasteiger partial charge is 0.0801 e. The molecule has 164 valence electrons. The van der Waals surface area contributed by atoms with Crippen LogP contribution in [0.4, 0.5) is 0 Å². The highest BCUT2D eigenvalue weighted by atomic mass is 14.2. The van der Waals surface area contributed by atoms with E-state index in [0.29, 0.717) is 0 Å². The fraction of sp³-hybridized carbons (Fsp3) is 0.0286. The van der Waals surface area contributed by atoms with Gasteiger partial charge in [0.05, 0.1) is 0 Å². The smallest absolute Gasteiger partial charge is 0.00199 e. The van der Waals surface area contributed by atoms with Gasteiger partial charge in [-0.25, -0.2) is 0 Å². The molecule has 0 atom stereocenters. The lowest BCUT2D eigenvalue weighted by Gasteiger charge is -2.20. The number of allylic oxidation sites excluding steroid dienone is 2. The molecule has 0 N–H and O–H groups in total. The van der Waals surface area contributed by atoms with Gasteiger partial charge in [0.1, 0.15) is 0 Å².